The van der Waals surface area contributed by atoms with E-state index < -0.39 is 5.92 Å². The van der Waals surface area contributed by atoms with Crippen molar-refractivity contribution in [3.8, 4) is 0 Å². The van der Waals surface area contributed by atoms with Crippen LogP contribution in [-0.2, 0) is 19.1 Å². The Kier molecular flexibility index (Phi) is 6.37. The average Bonchev–Trinajstić information content (AvgIpc) is 2.63. The van der Waals surface area contributed by atoms with Gasteiger partial charge in [0.1, 0.15) is 12.5 Å². The number of ether oxygens (including phenoxy) is 2. The van der Waals surface area contributed by atoms with Gasteiger partial charge in [-0.05, 0) is 38.2 Å². The van der Waals surface area contributed by atoms with Crippen molar-refractivity contribution in [2.24, 2.45) is 16.3 Å². The number of benzene rings is 1. The van der Waals surface area contributed by atoms with Gasteiger partial charge in [-0.2, -0.15) is 0 Å². The van der Waals surface area contributed by atoms with E-state index in [9.17, 15) is 9.59 Å². The highest BCUT2D eigenvalue weighted by Gasteiger charge is 2.45. The molecule has 5 nitrogen and oxygen atoms in total. The largest absolute Gasteiger partial charge is 0.463 e. The van der Waals surface area contributed by atoms with Gasteiger partial charge in [-0.15, -0.1) is 0 Å². The minimum absolute atomic E-state index is 0.0881. The molecular weight excluding hydrogens is 366 g/mol. The third-order valence-electron chi connectivity index (χ3n) is 5.67. The molecular formula is C24H31NO4. The molecule has 1 aromatic carbocycles. The van der Waals surface area contributed by atoms with Gasteiger partial charge >= 0.3 is 5.97 Å². The molecule has 0 fully saturated rings. The van der Waals surface area contributed by atoms with Gasteiger partial charge in [0.2, 0.25) is 0 Å². The molecule has 5 heteroatoms. The fraction of sp³-hybridized carbons (Fsp3) is 0.542. The van der Waals surface area contributed by atoms with Crippen molar-refractivity contribution in [3.05, 3.63) is 46.7 Å². The lowest BCUT2D eigenvalue weighted by Gasteiger charge is -2.39. The van der Waals surface area contributed by atoms with Crippen LogP contribution in [0, 0.1) is 18.3 Å². The number of aliphatic imine (C=N–C) groups is 1. The number of ketones is 1. The molecule has 0 saturated carbocycles. The zero-order valence-electron chi connectivity index (χ0n) is 18.1. The Balaban J connectivity index is 2.01. The highest BCUT2D eigenvalue weighted by atomic mass is 16.6. The summed E-state index contributed by atoms with van der Waals surface area (Å²) in [6, 6.07) is 8.06. The number of aryl methyl sites for hydroxylation is 1. The number of nitrogens with zero attached hydrogens (tertiary/aromatic N) is 1. The van der Waals surface area contributed by atoms with Crippen molar-refractivity contribution in [1.82, 2.24) is 0 Å². The Bertz CT molecular complexity index is 848. The van der Waals surface area contributed by atoms with Gasteiger partial charge in [-0.3, -0.25) is 14.6 Å². The average molecular weight is 398 g/mol. The fourth-order valence-corrected chi connectivity index (χ4v) is 4.32. The normalized spacial score (nSPS) is 23.5. The van der Waals surface area contributed by atoms with E-state index in [2.05, 4.69) is 13.8 Å². The lowest BCUT2D eigenvalue weighted by molar-refractivity contribution is -0.148. The minimum atomic E-state index is -0.594. The van der Waals surface area contributed by atoms with Crippen LogP contribution in [-0.4, -0.2) is 37.3 Å². The summed E-state index contributed by atoms with van der Waals surface area (Å²) in [5, 5.41) is 0. The Morgan fingerprint density at radius 3 is 2.48 bits per heavy atom. The van der Waals surface area contributed by atoms with Crippen molar-refractivity contribution >= 4 is 17.5 Å². The first-order chi connectivity index (χ1) is 13.7. The summed E-state index contributed by atoms with van der Waals surface area (Å²) in [4.78, 5) is 30.9. The maximum absolute atomic E-state index is 13.2. The number of allylic oxidation sites excluding steroid dienone is 2. The van der Waals surface area contributed by atoms with E-state index >= 15 is 0 Å². The van der Waals surface area contributed by atoms with Crippen LogP contribution in [0.4, 0.5) is 0 Å². The summed E-state index contributed by atoms with van der Waals surface area (Å²) >= 11 is 0. The van der Waals surface area contributed by atoms with Crippen LogP contribution in [0.5, 0.6) is 0 Å². The van der Waals surface area contributed by atoms with Crippen molar-refractivity contribution < 1.29 is 19.1 Å². The van der Waals surface area contributed by atoms with Gasteiger partial charge in [-0.1, -0.05) is 43.7 Å². The van der Waals surface area contributed by atoms with E-state index in [4.69, 9.17) is 14.5 Å². The lowest BCUT2D eigenvalue weighted by atomic mass is 9.67. The van der Waals surface area contributed by atoms with Crippen LogP contribution >= 0.6 is 0 Å². The zero-order valence-corrected chi connectivity index (χ0v) is 18.1. The monoisotopic (exact) mass is 397 g/mol. The summed E-state index contributed by atoms with van der Waals surface area (Å²) in [5.41, 5.74) is 4.19. The summed E-state index contributed by atoms with van der Waals surface area (Å²) in [6.45, 7) is 11.1. The minimum Gasteiger partial charge on any atom is -0.463 e. The molecule has 0 radical (unpaired) electrons. The van der Waals surface area contributed by atoms with E-state index in [1.54, 1.807) is 0 Å². The summed E-state index contributed by atoms with van der Waals surface area (Å²) in [5.74, 6) is -1.21. The van der Waals surface area contributed by atoms with Gasteiger partial charge in [0, 0.05) is 35.9 Å². The van der Waals surface area contributed by atoms with Crippen LogP contribution in [0.1, 0.15) is 57.6 Å². The predicted molar refractivity (Wildman–Crippen MR) is 113 cm³/mol. The molecule has 2 aliphatic rings. The van der Waals surface area contributed by atoms with Crippen LogP contribution in [0.25, 0.3) is 0 Å². The fourth-order valence-electron chi connectivity index (χ4n) is 4.32. The molecule has 0 saturated heterocycles. The Labute approximate surface area is 173 Å². The molecule has 1 aliphatic heterocycles. The van der Waals surface area contributed by atoms with E-state index in [1.165, 1.54) is 0 Å². The first-order valence-electron chi connectivity index (χ1n) is 10.4. The molecule has 156 valence electrons. The number of hydrogen-bond acceptors (Lipinski definition) is 5. The van der Waals surface area contributed by atoms with Gasteiger partial charge in [-0.25, -0.2) is 0 Å². The molecule has 29 heavy (non-hydrogen) atoms. The molecule has 0 spiro atoms. The van der Waals surface area contributed by atoms with Gasteiger partial charge in [0.15, 0.2) is 5.78 Å². The highest BCUT2D eigenvalue weighted by Crippen LogP contribution is 2.47. The third kappa shape index (κ3) is 4.67. The topological polar surface area (TPSA) is 65.0 Å². The van der Waals surface area contributed by atoms with Gasteiger partial charge < -0.3 is 9.47 Å². The number of carbonyl (C=O) groups excluding carboxylic acids is 2. The smallest absolute Gasteiger partial charge is 0.315 e. The second kappa shape index (κ2) is 8.62. The maximum Gasteiger partial charge on any atom is 0.315 e. The Morgan fingerprint density at radius 2 is 1.83 bits per heavy atom. The highest BCUT2D eigenvalue weighted by molar-refractivity contribution is 6.09. The van der Waals surface area contributed by atoms with Crippen LogP contribution in [0.15, 0.2) is 40.5 Å². The maximum atomic E-state index is 13.2. The predicted octanol–water partition coefficient (Wildman–Crippen LogP) is 4.39. The molecule has 1 aromatic rings. The molecule has 0 amide bonds. The standard InChI is InChI=1S/C24H31NO4/c1-6-28-11-12-29-23(27)20-16(3)25-18-13-24(4,5)14-19(26)22(18)21(20)17-9-7-15(2)8-10-17/h7-10,20-21H,6,11-14H2,1-5H3/t20?,21-/m1/s1. The summed E-state index contributed by atoms with van der Waals surface area (Å²) < 4.78 is 10.8. The second-order valence-corrected chi connectivity index (χ2v) is 8.78. The van der Waals surface area contributed by atoms with E-state index in [-0.39, 0.29) is 29.7 Å². The Morgan fingerprint density at radius 1 is 1.14 bits per heavy atom. The van der Waals surface area contributed by atoms with E-state index in [0.717, 1.165) is 23.2 Å². The SMILES string of the molecule is CCOCCOC(=O)C1C(C)=NC2=C(C(=O)CC(C)(C)C2)[C@@H]1c1ccc(C)cc1. The summed E-state index contributed by atoms with van der Waals surface area (Å²) in [7, 11) is 0. The number of rotatable bonds is 6. The van der Waals surface area contributed by atoms with Gasteiger partial charge in [0.05, 0.1) is 6.61 Å². The first-order valence-corrected chi connectivity index (χ1v) is 10.4. The number of esters is 1. The third-order valence-corrected chi connectivity index (χ3v) is 5.67. The molecule has 3 rings (SSSR count). The van der Waals surface area contributed by atoms with Crippen LogP contribution in [0.2, 0.25) is 0 Å². The van der Waals surface area contributed by atoms with E-state index in [0.29, 0.717) is 30.9 Å². The lowest BCUT2D eigenvalue weighted by Crippen LogP contribution is -2.39. The molecule has 2 atom stereocenters. The number of carbonyl (C=O) groups is 2. The van der Waals surface area contributed by atoms with Crippen LogP contribution < -0.4 is 0 Å². The molecule has 1 unspecified atom stereocenters. The summed E-state index contributed by atoms with van der Waals surface area (Å²) in [6.07, 6.45) is 1.20. The zero-order chi connectivity index (χ0) is 21.2. The number of Topliss-reactive ketones (excluding diaryl/α,β-unsaturated/α-hetero) is 1. The molecule has 0 bridgehead atoms. The van der Waals surface area contributed by atoms with Crippen molar-refractivity contribution in [2.75, 3.05) is 19.8 Å². The van der Waals surface area contributed by atoms with Crippen LogP contribution in [0.3, 0.4) is 0 Å². The van der Waals surface area contributed by atoms with Crippen molar-refractivity contribution in [1.29, 1.82) is 0 Å². The number of hydrogen-bond donors (Lipinski definition) is 0. The first kappa shape index (κ1) is 21.4. The van der Waals surface area contributed by atoms with Crippen molar-refractivity contribution in [2.45, 2.75) is 53.4 Å². The Hall–Kier alpha value is -2.27. The molecule has 0 aromatic heterocycles. The second-order valence-electron chi connectivity index (χ2n) is 8.78. The molecule has 1 heterocycles. The molecule has 0 N–H and O–H groups in total. The molecule has 1 aliphatic carbocycles. The quantitative estimate of drug-likeness (QED) is 0.527. The van der Waals surface area contributed by atoms with E-state index in [1.807, 2.05) is 45.0 Å². The van der Waals surface area contributed by atoms with Gasteiger partial charge in [0.25, 0.3) is 0 Å². The van der Waals surface area contributed by atoms with Crippen molar-refractivity contribution in [3.63, 3.8) is 0 Å².